The van der Waals surface area contributed by atoms with Crippen LogP contribution in [-0.4, -0.2) is 33.6 Å². The van der Waals surface area contributed by atoms with Crippen molar-refractivity contribution in [3.05, 3.63) is 27.9 Å². The molecule has 1 aliphatic heterocycles. The standard InChI is InChI=1S/C13H17N3O4/c1-8-4-3-5-15(9(8)2)12-11(13(17)18)6-10(7-14-12)16(19)20/h6-9H,3-5H2,1-2H3,(H,17,18). The van der Waals surface area contributed by atoms with Crippen LogP contribution < -0.4 is 4.90 Å². The number of rotatable bonds is 3. The molecule has 0 spiro atoms. The molecule has 7 nitrogen and oxygen atoms in total. The molecule has 20 heavy (non-hydrogen) atoms. The molecule has 1 aromatic heterocycles. The van der Waals surface area contributed by atoms with E-state index in [1.54, 1.807) is 0 Å². The van der Waals surface area contributed by atoms with E-state index in [2.05, 4.69) is 11.9 Å². The molecule has 1 aromatic rings. The number of nitro groups is 1. The largest absolute Gasteiger partial charge is 0.478 e. The van der Waals surface area contributed by atoms with Crippen molar-refractivity contribution in [3.63, 3.8) is 0 Å². The first-order chi connectivity index (χ1) is 9.41. The minimum atomic E-state index is -1.19. The van der Waals surface area contributed by atoms with Crippen molar-refractivity contribution in [1.82, 2.24) is 4.98 Å². The molecule has 0 saturated carbocycles. The van der Waals surface area contributed by atoms with Crippen LogP contribution in [0.25, 0.3) is 0 Å². The second-order valence-electron chi connectivity index (χ2n) is 5.18. The van der Waals surface area contributed by atoms with Gasteiger partial charge in [0, 0.05) is 18.7 Å². The molecule has 2 atom stereocenters. The van der Waals surface area contributed by atoms with Gasteiger partial charge in [0.05, 0.1) is 4.92 Å². The SMILES string of the molecule is CC1CCCN(c2ncc([N+](=O)[O-])cc2C(=O)O)C1C. The van der Waals surface area contributed by atoms with E-state index in [0.29, 0.717) is 11.7 Å². The molecule has 0 aliphatic carbocycles. The van der Waals surface area contributed by atoms with Gasteiger partial charge in [-0.15, -0.1) is 0 Å². The fraction of sp³-hybridized carbons (Fsp3) is 0.538. The van der Waals surface area contributed by atoms with Gasteiger partial charge in [0.25, 0.3) is 5.69 Å². The van der Waals surface area contributed by atoms with Crippen molar-refractivity contribution in [2.75, 3.05) is 11.4 Å². The van der Waals surface area contributed by atoms with E-state index < -0.39 is 10.9 Å². The second-order valence-corrected chi connectivity index (χ2v) is 5.18. The summed E-state index contributed by atoms with van der Waals surface area (Å²) in [5.74, 6) is -0.439. The minimum absolute atomic E-state index is 0.111. The third kappa shape index (κ3) is 2.56. The number of hydrogen-bond acceptors (Lipinski definition) is 5. The van der Waals surface area contributed by atoms with E-state index in [0.717, 1.165) is 31.6 Å². The average molecular weight is 279 g/mol. The summed E-state index contributed by atoms with van der Waals surface area (Å²) in [7, 11) is 0. The normalized spacial score (nSPS) is 22.6. The maximum absolute atomic E-state index is 11.3. The van der Waals surface area contributed by atoms with Gasteiger partial charge >= 0.3 is 5.97 Å². The van der Waals surface area contributed by atoms with Gasteiger partial charge in [-0.05, 0) is 25.7 Å². The number of carbonyl (C=O) groups is 1. The molecule has 1 aliphatic rings. The molecule has 7 heteroatoms. The number of aromatic carboxylic acids is 1. The quantitative estimate of drug-likeness (QED) is 0.673. The highest BCUT2D eigenvalue weighted by Gasteiger charge is 2.29. The summed E-state index contributed by atoms with van der Waals surface area (Å²) < 4.78 is 0. The Labute approximate surface area is 116 Å². The lowest BCUT2D eigenvalue weighted by molar-refractivity contribution is -0.385. The van der Waals surface area contributed by atoms with Crippen LogP contribution in [-0.2, 0) is 0 Å². The maximum Gasteiger partial charge on any atom is 0.339 e. The number of anilines is 1. The Hall–Kier alpha value is -2.18. The number of carboxylic acids is 1. The zero-order chi connectivity index (χ0) is 14.9. The number of pyridine rings is 1. The molecule has 0 amide bonds. The summed E-state index contributed by atoms with van der Waals surface area (Å²) in [6.45, 7) is 4.86. The molecule has 0 radical (unpaired) electrons. The van der Waals surface area contributed by atoms with Gasteiger partial charge in [0.2, 0.25) is 0 Å². The molecular formula is C13H17N3O4. The Morgan fingerprint density at radius 1 is 1.55 bits per heavy atom. The van der Waals surface area contributed by atoms with Gasteiger partial charge < -0.3 is 10.0 Å². The van der Waals surface area contributed by atoms with E-state index in [9.17, 15) is 20.0 Å². The smallest absolute Gasteiger partial charge is 0.339 e. The van der Waals surface area contributed by atoms with Crippen molar-refractivity contribution in [1.29, 1.82) is 0 Å². The summed E-state index contributed by atoms with van der Waals surface area (Å²) in [5, 5.41) is 20.0. The molecule has 2 unspecified atom stereocenters. The van der Waals surface area contributed by atoms with Crippen LogP contribution in [0.2, 0.25) is 0 Å². The van der Waals surface area contributed by atoms with E-state index in [1.165, 1.54) is 0 Å². The van der Waals surface area contributed by atoms with Gasteiger partial charge in [-0.25, -0.2) is 9.78 Å². The van der Waals surface area contributed by atoms with Gasteiger partial charge in [-0.3, -0.25) is 10.1 Å². The summed E-state index contributed by atoms with van der Waals surface area (Å²) in [6, 6.07) is 1.24. The lowest BCUT2D eigenvalue weighted by Gasteiger charge is -2.39. The van der Waals surface area contributed by atoms with Crippen LogP contribution in [0.3, 0.4) is 0 Å². The Kier molecular flexibility index (Phi) is 3.87. The zero-order valence-electron chi connectivity index (χ0n) is 11.4. The van der Waals surface area contributed by atoms with Crippen LogP contribution in [0.15, 0.2) is 12.3 Å². The van der Waals surface area contributed by atoms with E-state index in [4.69, 9.17) is 0 Å². The fourth-order valence-corrected chi connectivity index (χ4v) is 2.57. The zero-order valence-corrected chi connectivity index (χ0v) is 11.4. The van der Waals surface area contributed by atoms with Crippen molar-refractivity contribution >= 4 is 17.5 Å². The van der Waals surface area contributed by atoms with Crippen molar-refractivity contribution < 1.29 is 14.8 Å². The van der Waals surface area contributed by atoms with Crippen LogP contribution in [0.5, 0.6) is 0 Å². The Morgan fingerprint density at radius 3 is 2.85 bits per heavy atom. The lowest BCUT2D eigenvalue weighted by Crippen LogP contribution is -2.43. The van der Waals surface area contributed by atoms with Gasteiger partial charge in [0.15, 0.2) is 0 Å². The fourth-order valence-electron chi connectivity index (χ4n) is 2.57. The number of aromatic nitrogens is 1. The predicted octanol–water partition coefficient (Wildman–Crippen LogP) is 2.31. The molecular weight excluding hydrogens is 262 g/mol. The highest BCUT2D eigenvalue weighted by molar-refractivity contribution is 5.94. The summed E-state index contributed by atoms with van der Waals surface area (Å²) in [4.78, 5) is 27.4. The molecule has 0 bridgehead atoms. The number of hydrogen-bond donors (Lipinski definition) is 1. The average Bonchev–Trinajstić information content (AvgIpc) is 2.41. The second kappa shape index (κ2) is 5.44. The van der Waals surface area contributed by atoms with Crippen LogP contribution in [0, 0.1) is 16.0 Å². The lowest BCUT2D eigenvalue weighted by atomic mass is 9.92. The van der Waals surface area contributed by atoms with Crippen molar-refractivity contribution in [2.45, 2.75) is 32.7 Å². The van der Waals surface area contributed by atoms with E-state index in [-0.39, 0.29) is 17.3 Å². The van der Waals surface area contributed by atoms with Crippen LogP contribution >= 0.6 is 0 Å². The summed E-state index contributed by atoms with van der Waals surface area (Å²) in [6.07, 6.45) is 3.17. The van der Waals surface area contributed by atoms with E-state index >= 15 is 0 Å². The first kappa shape index (κ1) is 14.2. The number of carboxylic acid groups (broad SMARTS) is 1. The Balaban J connectivity index is 2.45. The first-order valence-corrected chi connectivity index (χ1v) is 6.56. The monoisotopic (exact) mass is 279 g/mol. The maximum atomic E-state index is 11.3. The highest BCUT2D eigenvalue weighted by atomic mass is 16.6. The van der Waals surface area contributed by atoms with E-state index in [1.807, 2.05) is 11.8 Å². The van der Waals surface area contributed by atoms with Crippen LogP contribution in [0.4, 0.5) is 11.5 Å². The predicted molar refractivity (Wildman–Crippen MR) is 73.1 cm³/mol. The highest BCUT2D eigenvalue weighted by Crippen LogP contribution is 2.30. The van der Waals surface area contributed by atoms with Gasteiger partial charge in [0.1, 0.15) is 17.6 Å². The first-order valence-electron chi connectivity index (χ1n) is 6.56. The Bertz CT molecular complexity index is 546. The topological polar surface area (TPSA) is 96.6 Å². The molecule has 2 heterocycles. The van der Waals surface area contributed by atoms with Crippen molar-refractivity contribution in [3.8, 4) is 0 Å². The van der Waals surface area contributed by atoms with Crippen molar-refractivity contribution in [2.24, 2.45) is 5.92 Å². The van der Waals surface area contributed by atoms with Gasteiger partial charge in [-0.1, -0.05) is 6.92 Å². The molecule has 1 fully saturated rings. The molecule has 0 aromatic carbocycles. The molecule has 1 N–H and O–H groups in total. The summed E-state index contributed by atoms with van der Waals surface area (Å²) >= 11 is 0. The molecule has 1 saturated heterocycles. The molecule has 2 rings (SSSR count). The third-order valence-electron chi connectivity index (χ3n) is 3.94. The Morgan fingerprint density at radius 2 is 2.25 bits per heavy atom. The number of piperidine rings is 1. The minimum Gasteiger partial charge on any atom is -0.478 e. The number of nitrogens with zero attached hydrogens (tertiary/aromatic N) is 3. The molecule has 108 valence electrons. The summed E-state index contributed by atoms with van der Waals surface area (Å²) in [5.41, 5.74) is -0.413. The third-order valence-corrected chi connectivity index (χ3v) is 3.94. The van der Waals surface area contributed by atoms with Crippen LogP contribution in [0.1, 0.15) is 37.0 Å². The van der Waals surface area contributed by atoms with Gasteiger partial charge in [-0.2, -0.15) is 0 Å².